The smallest absolute Gasteiger partial charge is 0.356 e. The summed E-state index contributed by atoms with van der Waals surface area (Å²) in [4.78, 5) is 24.7. The highest BCUT2D eigenvalue weighted by Gasteiger charge is 2.23. The summed E-state index contributed by atoms with van der Waals surface area (Å²) in [5.74, 6) is -1.48. The number of nitriles is 1. The third-order valence-electron chi connectivity index (χ3n) is 2.23. The highest BCUT2D eigenvalue weighted by Crippen LogP contribution is 2.24. The molecule has 19 heavy (non-hydrogen) atoms. The number of hydrogen-bond donors (Lipinski definition) is 1. The molecule has 0 fully saturated rings. The van der Waals surface area contributed by atoms with Crippen LogP contribution < -0.4 is 0 Å². The molecule has 0 aliphatic heterocycles. The largest absolute Gasteiger partial charge is 0.476 e. The molecule has 0 spiro atoms. The van der Waals surface area contributed by atoms with Crippen LogP contribution in [0.3, 0.4) is 0 Å². The molecule has 0 aliphatic rings. The topological polar surface area (TPSA) is 135 Å². The molecule has 0 aliphatic carbocycles. The molecule has 0 aromatic carbocycles. The number of aromatic nitrogens is 3. The van der Waals surface area contributed by atoms with Crippen molar-refractivity contribution < 1.29 is 14.8 Å². The van der Waals surface area contributed by atoms with E-state index in [1.807, 2.05) is 0 Å². The van der Waals surface area contributed by atoms with Crippen molar-refractivity contribution in [2.45, 2.75) is 0 Å². The van der Waals surface area contributed by atoms with Gasteiger partial charge in [0.1, 0.15) is 11.6 Å². The molecule has 0 saturated carbocycles. The summed E-state index contributed by atoms with van der Waals surface area (Å²) in [6.45, 7) is 0. The molecule has 0 amide bonds. The molecule has 2 aromatic heterocycles. The quantitative estimate of drug-likeness (QED) is 0.634. The number of rotatable bonds is 3. The fourth-order valence-corrected chi connectivity index (χ4v) is 1.44. The first-order valence-corrected chi connectivity index (χ1v) is 4.87. The Morgan fingerprint density at radius 3 is 2.79 bits per heavy atom. The summed E-state index contributed by atoms with van der Waals surface area (Å²) in [6.07, 6.45) is 2.43. The van der Waals surface area contributed by atoms with Gasteiger partial charge in [-0.1, -0.05) is 0 Å². The van der Waals surface area contributed by atoms with Crippen LogP contribution in [0.1, 0.15) is 16.1 Å². The van der Waals surface area contributed by atoms with Crippen molar-refractivity contribution >= 4 is 11.7 Å². The number of carbonyl (C=O) groups is 1. The molecule has 2 aromatic rings. The Labute approximate surface area is 105 Å². The maximum atomic E-state index is 11.0. The van der Waals surface area contributed by atoms with Crippen LogP contribution in [-0.2, 0) is 0 Å². The second-order valence-corrected chi connectivity index (χ2v) is 3.35. The van der Waals surface area contributed by atoms with Crippen molar-refractivity contribution in [1.82, 2.24) is 14.8 Å². The predicted molar refractivity (Wildman–Crippen MR) is 59.7 cm³/mol. The first-order valence-electron chi connectivity index (χ1n) is 4.87. The number of hydrogen-bond acceptors (Lipinski definition) is 6. The Bertz CT molecular complexity index is 715. The Morgan fingerprint density at radius 1 is 1.53 bits per heavy atom. The highest BCUT2D eigenvalue weighted by molar-refractivity contribution is 5.85. The molecule has 2 heterocycles. The van der Waals surface area contributed by atoms with E-state index in [-0.39, 0.29) is 17.1 Å². The Hall–Kier alpha value is -3.28. The maximum absolute atomic E-state index is 11.0. The molecule has 0 radical (unpaired) electrons. The van der Waals surface area contributed by atoms with Gasteiger partial charge >= 0.3 is 11.7 Å². The SMILES string of the molecule is N#Cc1ccnc(-n2ccc(C(=O)O)n2)c1[N+](=O)[O-]. The van der Waals surface area contributed by atoms with Crippen LogP contribution in [0.15, 0.2) is 24.5 Å². The highest BCUT2D eigenvalue weighted by atomic mass is 16.6. The van der Waals surface area contributed by atoms with Gasteiger partial charge in [-0.05, 0) is 12.1 Å². The van der Waals surface area contributed by atoms with Crippen molar-refractivity contribution in [3.05, 3.63) is 45.9 Å². The van der Waals surface area contributed by atoms with Crippen LogP contribution in [0.5, 0.6) is 0 Å². The lowest BCUT2D eigenvalue weighted by Crippen LogP contribution is -2.07. The Kier molecular flexibility index (Phi) is 2.91. The molecule has 0 bridgehead atoms. The molecule has 2 rings (SSSR count). The summed E-state index contributed by atoms with van der Waals surface area (Å²) in [6, 6.07) is 4.05. The lowest BCUT2D eigenvalue weighted by Gasteiger charge is -2.02. The van der Waals surface area contributed by atoms with Crippen molar-refractivity contribution in [3.63, 3.8) is 0 Å². The molecule has 0 saturated heterocycles. The molecule has 0 atom stereocenters. The standard InChI is InChI=1S/C10H5N5O4/c11-5-6-1-3-12-9(8(6)15(18)19)14-4-2-7(13-14)10(16)17/h1-4H,(H,16,17). The fraction of sp³-hybridized carbons (Fsp3) is 0. The van der Waals surface area contributed by atoms with E-state index in [0.717, 1.165) is 4.68 Å². The number of aromatic carboxylic acids is 1. The first-order chi connectivity index (χ1) is 9.04. The van der Waals surface area contributed by atoms with Gasteiger partial charge in [0.2, 0.25) is 5.82 Å². The molecular formula is C10H5N5O4. The monoisotopic (exact) mass is 259 g/mol. The molecule has 1 N–H and O–H groups in total. The minimum absolute atomic E-state index is 0.178. The van der Waals surface area contributed by atoms with Crippen LogP contribution >= 0.6 is 0 Å². The number of pyridine rings is 1. The van der Waals surface area contributed by atoms with Crippen molar-refractivity contribution in [2.75, 3.05) is 0 Å². The summed E-state index contributed by atoms with van der Waals surface area (Å²) in [5.41, 5.74) is -0.981. The van der Waals surface area contributed by atoms with Crippen LogP contribution in [0.25, 0.3) is 5.82 Å². The molecule has 9 heteroatoms. The van der Waals surface area contributed by atoms with Crippen molar-refractivity contribution in [1.29, 1.82) is 5.26 Å². The lowest BCUT2D eigenvalue weighted by molar-refractivity contribution is -0.385. The average Bonchev–Trinajstić information content (AvgIpc) is 2.87. The van der Waals surface area contributed by atoms with Gasteiger partial charge in [0.05, 0.1) is 4.92 Å². The maximum Gasteiger partial charge on any atom is 0.356 e. The van der Waals surface area contributed by atoms with E-state index < -0.39 is 16.6 Å². The van der Waals surface area contributed by atoms with Gasteiger partial charge in [-0.25, -0.2) is 14.5 Å². The van der Waals surface area contributed by atoms with Crippen LogP contribution in [0.4, 0.5) is 5.69 Å². The van der Waals surface area contributed by atoms with E-state index in [2.05, 4.69) is 10.1 Å². The molecular weight excluding hydrogens is 254 g/mol. The lowest BCUT2D eigenvalue weighted by atomic mass is 10.2. The van der Waals surface area contributed by atoms with Gasteiger partial charge in [-0.15, -0.1) is 0 Å². The fourth-order valence-electron chi connectivity index (χ4n) is 1.44. The van der Waals surface area contributed by atoms with E-state index in [9.17, 15) is 14.9 Å². The van der Waals surface area contributed by atoms with Crippen molar-refractivity contribution in [3.8, 4) is 11.9 Å². The second-order valence-electron chi connectivity index (χ2n) is 3.35. The molecule has 0 unspecified atom stereocenters. The Morgan fingerprint density at radius 2 is 2.26 bits per heavy atom. The van der Waals surface area contributed by atoms with E-state index in [4.69, 9.17) is 10.4 Å². The normalized spacial score (nSPS) is 9.84. The average molecular weight is 259 g/mol. The molecule has 9 nitrogen and oxygen atoms in total. The summed E-state index contributed by atoms with van der Waals surface area (Å²) in [5, 5.41) is 32.2. The van der Waals surface area contributed by atoms with Crippen LogP contribution in [-0.4, -0.2) is 30.8 Å². The third-order valence-corrected chi connectivity index (χ3v) is 2.23. The third kappa shape index (κ3) is 2.09. The zero-order chi connectivity index (χ0) is 14.0. The van der Waals surface area contributed by atoms with Gasteiger partial charge in [0.25, 0.3) is 0 Å². The number of carboxylic acids is 1. The zero-order valence-electron chi connectivity index (χ0n) is 9.22. The van der Waals surface area contributed by atoms with Gasteiger partial charge in [-0.2, -0.15) is 10.4 Å². The van der Waals surface area contributed by atoms with E-state index >= 15 is 0 Å². The van der Waals surface area contributed by atoms with Gasteiger partial charge in [0.15, 0.2) is 5.69 Å². The minimum atomic E-state index is -1.27. The van der Waals surface area contributed by atoms with E-state index in [0.29, 0.717) is 0 Å². The second kappa shape index (κ2) is 4.53. The molecule has 94 valence electrons. The number of nitrogens with zero attached hydrogens (tertiary/aromatic N) is 5. The summed E-state index contributed by atoms with van der Waals surface area (Å²) >= 11 is 0. The minimum Gasteiger partial charge on any atom is -0.476 e. The number of carboxylic acid groups (broad SMARTS) is 1. The van der Waals surface area contributed by atoms with Gasteiger partial charge in [-0.3, -0.25) is 10.1 Å². The van der Waals surface area contributed by atoms with Crippen LogP contribution in [0.2, 0.25) is 0 Å². The van der Waals surface area contributed by atoms with Crippen molar-refractivity contribution in [2.24, 2.45) is 0 Å². The summed E-state index contributed by atoms with van der Waals surface area (Å²) in [7, 11) is 0. The first kappa shape index (κ1) is 12.2. The predicted octanol–water partition coefficient (Wildman–Crippen LogP) is 0.745. The van der Waals surface area contributed by atoms with Gasteiger partial charge < -0.3 is 5.11 Å². The number of nitro groups is 1. The Balaban J connectivity index is 2.65. The zero-order valence-corrected chi connectivity index (χ0v) is 9.22. The summed E-state index contributed by atoms with van der Waals surface area (Å²) < 4.78 is 0.947. The van der Waals surface area contributed by atoms with E-state index in [1.165, 1.54) is 24.5 Å². The van der Waals surface area contributed by atoms with Crippen LogP contribution in [0, 0.1) is 21.4 Å². The van der Waals surface area contributed by atoms with Gasteiger partial charge in [0, 0.05) is 12.4 Å². The van der Waals surface area contributed by atoms with E-state index in [1.54, 1.807) is 6.07 Å².